The Balaban J connectivity index is 2.45. The summed E-state index contributed by atoms with van der Waals surface area (Å²) in [6, 6.07) is -5.16. The molecule has 2 rings (SSSR count). The maximum absolute atomic E-state index is 14.3. The molecule has 390 valence electrons. The number of carboxylic acid groups (broad SMARTS) is 1. The van der Waals surface area contributed by atoms with Gasteiger partial charge in [0, 0.05) is 36.5 Å². The third-order valence-electron chi connectivity index (χ3n) is 11.6. The van der Waals surface area contributed by atoms with Gasteiger partial charge in [-0.3, -0.25) is 43.3 Å². The number of primary amides is 1. The number of carbonyl (C=O) groups excluding carboxylic acids is 8. The molecule has 0 spiro atoms. The smallest absolute Gasteiger partial charge is 0.326 e. The van der Waals surface area contributed by atoms with Gasteiger partial charge < -0.3 is 85.6 Å². The molecule has 0 fully saturated rings. The summed E-state index contributed by atoms with van der Waals surface area (Å²) in [4.78, 5) is 126. The summed E-state index contributed by atoms with van der Waals surface area (Å²) in [5.41, 5.74) is 23.1. The number of amides is 8. The lowest BCUT2D eigenvalue weighted by atomic mass is 9.95. The highest BCUT2D eigenvalue weighted by atomic mass is 16.4. The van der Waals surface area contributed by atoms with Gasteiger partial charge in [-0.2, -0.15) is 0 Å². The van der Waals surface area contributed by atoms with Gasteiger partial charge in [-0.05, 0) is 49.7 Å². The van der Waals surface area contributed by atoms with Crippen LogP contribution in [0.4, 0.5) is 0 Å². The van der Waals surface area contributed by atoms with Crippen molar-refractivity contribution in [3.05, 3.63) is 36.0 Å². The van der Waals surface area contributed by atoms with Gasteiger partial charge in [0.1, 0.15) is 48.3 Å². The molecule has 1 aromatic carbocycles. The van der Waals surface area contributed by atoms with Crippen LogP contribution in [0.5, 0.6) is 0 Å². The maximum Gasteiger partial charge on any atom is 0.326 e. The summed E-state index contributed by atoms with van der Waals surface area (Å²) >= 11 is 0. The number of hydrogen-bond donors (Lipinski definition) is 16. The molecule has 0 saturated carbocycles. The minimum absolute atomic E-state index is 0.0515. The highest BCUT2D eigenvalue weighted by Gasteiger charge is 2.37. The Morgan fingerprint density at radius 2 is 1.14 bits per heavy atom. The number of H-pyrrole nitrogens is 1. The first-order valence-corrected chi connectivity index (χ1v) is 22.9. The number of aliphatic hydroxyl groups is 3. The van der Waals surface area contributed by atoms with Gasteiger partial charge in [0.15, 0.2) is 5.96 Å². The van der Waals surface area contributed by atoms with Crippen LogP contribution in [0.15, 0.2) is 35.5 Å². The molecule has 1 aromatic heterocycles. The van der Waals surface area contributed by atoms with E-state index in [1.807, 2.05) is 0 Å². The number of fused-ring (bicyclic) bond motifs is 1. The summed E-state index contributed by atoms with van der Waals surface area (Å²) < 4.78 is 0. The molecule has 0 radical (unpaired) electrons. The molecule has 0 unspecified atom stereocenters. The molecule has 26 nitrogen and oxygen atoms in total. The standard InChI is InChI=1S/C44H71N13O13/c1-6-21(3)33(41(67)56-34(43(69)70)22(4)7-2)55-40(66)31(20-59)54-42(68)35(23(5)60)57-38(64)29(14-15-32(46)61)52-39(65)30(17-24-18-50-27-12-9-8-11-25(24)27)53-37(63)28(13-10-16-49-44(47)48)51-36(62)26(45)19-58/h8-9,11-12,18,21-23,26,28-31,33-35,50,58-60H,6-7,10,13-17,19-20,45H2,1-5H3,(H2,46,61)(H,51,62)(H,52,65)(H,53,63)(H,54,68)(H,55,66)(H,56,67)(H,57,64)(H,69,70)(H4,47,48,49)/t21-,22-,23+,26-,28-,29-,30-,31-,33-,34-,35-/m0/s1. The summed E-state index contributed by atoms with van der Waals surface area (Å²) in [5, 5.41) is 57.7. The molecule has 70 heavy (non-hydrogen) atoms. The van der Waals surface area contributed by atoms with Crippen LogP contribution in [0.2, 0.25) is 0 Å². The number of rotatable bonds is 31. The van der Waals surface area contributed by atoms with Crippen LogP contribution in [0.3, 0.4) is 0 Å². The first-order valence-electron chi connectivity index (χ1n) is 22.9. The second kappa shape index (κ2) is 29.2. The number of guanidine groups is 1. The van der Waals surface area contributed by atoms with Crippen molar-refractivity contribution in [1.82, 2.24) is 42.2 Å². The predicted molar refractivity (Wildman–Crippen MR) is 254 cm³/mol. The van der Waals surface area contributed by atoms with Crippen molar-refractivity contribution in [3.8, 4) is 0 Å². The number of para-hydroxylation sites is 1. The highest BCUT2D eigenvalue weighted by Crippen LogP contribution is 2.20. The fraction of sp³-hybridized carbons (Fsp3) is 0.591. The van der Waals surface area contributed by atoms with Gasteiger partial charge in [-0.15, -0.1) is 0 Å². The van der Waals surface area contributed by atoms with E-state index in [4.69, 9.17) is 22.9 Å². The number of carbonyl (C=O) groups is 9. The maximum atomic E-state index is 14.3. The van der Waals surface area contributed by atoms with E-state index in [9.17, 15) is 63.6 Å². The largest absolute Gasteiger partial charge is 0.480 e. The molecule has 8 amide bonds. The van der Waals surface area contributed by atoms with Gasteiger partial charge in [-0.1, -0.05) is 58.7 Å². The molecule has 0 saturated heterocycles. The van der Waals surface area contributed by atoms with E-state index in [1.165, 1.54) is 0 Å². The Bertz CT molecular complexity index is 2150. The third kappa shape index (κ3) is 18.5. The minimum Gasteiger partial charge on any atom is -0.480 e. The molecule has 0 aliphatic heterocycles. The normalized spacial score (nSPS) is 15.9. The second-order valence-electron chi connectivity index (χ2n) is 17.0. The van der Waals surface area contributed by atoms with Crippen LogP contribution in [-0.4, -0.2) is 159 Å². The lowest BCUT2D eigenvalue weighted by Crippen LogP contribution is -2.63. The SMILES string of the molecule is CC[C@H](C)[C@H](NC(=O)[C@@H](NC(=O)[C@H](CO)NC(=O)[C@@H](NC(=O)[C@H](CCC(N)=O)NC(=O)[C@H](Cc1c[nH]c2ccccc12)NC(=O)[C@H](CCCN=C(N)N)NC(=O)[C@@H](N)CO)[C@@H](C)O)[C@@H](C)CC)C(=O)O. The Hall–Kier alpha value is -6.90. The summed E-state index contributed by atoms with van der Waals surface area (Å²) in [6.07, 6.45) is -0.416. The van der Waals surface area contributed by atoms with Gasteiger partial charge >= 0.3 is 5.97 Å². The van der Waals surface area contributed by atoms with Crippen molar-refractivity contribution >= 4 is 70.1 Å². The average molecular weight is 990 g/mol. The zero-order chi connectivity index (χ0) is 52.8. The van der Waals surface area contributed by atoms with Gasteiger partial charge in [0.05, 0.1) is 19.3 Å². The zero-order valence-electron chi connectivity index (χ0n) is 40.0. The third-order valence-corrected chi connectivity index (χ3v) is 11.6. The quantitative estimate of drug-likeness (QED) is 0.0192. The van der Waals surface area contributed by atoms with E-state index in [1.54, 1.807) is 58.2 Å². The van der Waals surface area contributed by atoms with E-state index >= 15 is 0 Å². The number of aliphatic imine (C=N–C) groups is 1. The first-order chi connectivity index (χ1) is 33.0. The molecular weight excluding hydrogens is 919 g/mol. The van der Waals surface area contributed by atoms with E-state index in [0.717, 1.165) is 6.92 Å². The molecule has 0 bridgehead atoms. The number of benzene rings is 1. The summed E-state index contributed by atoms with van der Waals surface area (Å²) in [7, 11) is 0. The van der Waals surface area contributed by atoms with E-state index < -0.39 is 146 Å². The summed E-state index contributed by atoms with van der Waals surface area (Å²) in [6.45, 7) is 6.08. The van der Waals surface area contributed by atoms with Crippen LogP contribution < -0.4 is 60.2 Å². The number of aliphatic carboxylic acids is 1. The molecule has 26 heteroatoms. The monoisotopic (exact) mass is 990 g/mol. The van der Waals surface area contributed by atoms with Crippen LogP contribution in [-0.2, 0) is 49.6 Å². The number of nitrogens with two attached hydrogens (primary N) is 4. The number of aromatic nitrogens is 1. The average Bonchev–Trinajstić information content (AvgIpc) is 3.73. The molecule has 1 heterocycles. The van der Waals surface area contributed by atoms with Crippen LogP contribution in [0.25, 0.3) is 10.9 Å². The number of hydrogen-bond acceptors (Lipinski definition) is 14. The molecular formula is C44H71N13O13. The van der Waals surface area contributed by atoms with Gasteiger partial charge in [0.2, 0.25) is 47.3 Å². The van der Waals surface area contributed by atoms with Crippen LogP contribution in [0, 0.1) is 11.8 Å². The number of carboxylic acids is 1. The van der Waals surface area contributed by atoms with Crippen molar-refractivity contribution < 1.29 is 63.6 Å². The fourth-order valence-corrected chi connectivity index (χ4v) is 6.96. The molecule has 2 aromatic rings. The Morgan fingerprint density at radius 1 is 0.643 bits per heavy atom. The lowest BCUT2D eigenvalue weighted by Gasteiger charge is -2.29. The second-order valence-corrected chi connectivity index (χ2v) is 17.0. The highest BCUT2D eigenvalue weighted by molar-refractivity contribution is 5.98. The van der Waals surface area contributed by atoms with Crippen molar-refractivity contribution in [2.24, 2.45) is 39.8 Å². The van der Waals surface area contributed by atoms with Crippen molar-refractivity contribution in [1.29, 1.82) is 0 Å². The van der Waals surface area contributed by atoms with Crippen molar-refractivity contribution in [2.75, 3.05) is 19.8 Å². The Morgan fingerprint density at radius 3 is 1.71 bits per heavy atom. The predicted octanol–water partition coefficient (Wildman–Crippen LogP) is -4.71. The number of aliphatic hydroxyl groups excluding tert-OH is 3. The Kier molecular flexibility index (Phi) is 24.7. The topological polar surface area (TPSA) is 451 Å². The van der Waals surface area contributed by atoms with Crippen molar-refractivity contribution in [3.63, 3.8) is 0 Å². The zero-order valence-corrected chi connectivity index (χ0v) is 40.0. The lowest BCUT2D eigenvalue weighted by molar-refractivity contribution is -0.144. The number of nitrogens with one attached hydrogen (secondary N) is 8. The van der Waals surface area contributed by atoms with Gasteiger partial charge in [0.25, 0.3) is 0 Å². The number of nitrogens with zero attached hydrogens (tertiary/aromatic N) is 1. The molecule has 11 atom stereocenters. The Labute approximate surface area is 404 Å². The first kappa shape index (κ1) is 59.2. The molecule has 20 N–H and O–H groups in total. The summed E-state index contributed by atoms with van der Waals surface area (Å²) in [5.74, 6) is -10.4. The van der Waals surface area contributed by atoms with Crippen molar-refractivity contribution in [2.45, 2.75) is 134 Å². The van der Waals surface area contributed by atoms with E-state index in [2.05, 4.69) is 47.2 Å². The molecule has 0 aliphatic rings. The van der Waals surface area contributed by atoms with Crippen LogP contribution >= 0.6 is 0 Å². The number of aromatic amines is 1. The fourth-order valence-electron chi connectivity index (χ4n) is 6.96. The van der Waals surface area contributed by atoms with Gasteiger partial charge in [-0.25, -0.2) is 4.79 Å². The minimum atomic E-state index is -1.88. The van der Waals surface area contributed by atoms with E-state index in [-0.39, 0.29) is 31.8 Å². The van der Waals surface area contributed by atoms with Crippen LogP contribution in [0.1, 0.15) is 78.7 Å². The van der Waals surface area contributed by atoms with E-state index in [0.29, 0.717) is 29.3 Å². The molecule has 0 aliphatic carbocycles.